The molecule has 0 bridgehead atoms. The lowest BCUT2D eigenvalue weighted by molar-refractivity contribution is 0.479. The number of hydrogen-bond donors (Lipinski definition) is 2. The van der Waals surface area contributed by atoms with Gasteiger partial charge in [-0.05, 0) is 36.6 Å². The molecule has 3 rings (SSSR count). The van der Waals surface area contributed by atoms with Crippen molar-refractivity contribution in [1.82, 2.24) is 20.3 Å². The first kappa shape index (κ1) is 12.9. The summed E-state index contributed by atoms with van der Waals surface area (Å²) in [5.74, 6) is 0. The Morgan fingerprint density at radius 1 is 1.00 bits per heavy atom. The molecule has 3 N–H and O–H groups in total. The Morgan fingerprint density at radius 2 is 1.84 bits per heavy atom. The number of pyridine rings is 1. The van der Waals surface area contributed by atoms with Crippen LogP contribution in [0.1, 0.15) is 5.69 Å². The molecule has 3 heterocycles. The molecule has 0 saturated heterocycles. The maximum atomic E-state index is 6.07. The summed E-state index contributed by atoms with van der Waals surface area (Å²) in [5.41, 5.74) is 6.23. The average Bonchev–Trinajstić information content (AvgIpc) is 2.51. The Bertz CT molecular complexity index is 512. The topological polar surface area (TPSA) is 76.7 Å². The van der Waals surface area contributed by atoms with E-state index in [1.807, 2.05) is 42.6 Å². The van der Waals surface area contributed by atoms with E-state index in [-0.39, 0.29) is 0 Å². The summed E-state index contributed by atoms with van der Waals surface area (Å²) in [6, 6.07) is 7.47. The highest BCUT2D eigenvalue weighted by Gasteiger charge is 2.24. The fourth-order valence-electron chi connectivity index (χ4n) is 1.52. The molecule has 0 radical (unpaired) electrons. The molecule has 1 unspecified atom stereocenters. The third kappa shape index (κ3) is 3.72. The van der Waals surface area contributed by atoms with Gasteiger partial charge in [-0.15, -0.1) is 0 Å². The quantitative estimate of drug-likeness (QED) is 0.802. The van der Waals surface area contributed by atoms with Crippen LogP contribution in [0.3, 0.4) is 0 Å². The van der Waals surface area contributed by atoms with Gasteiger partial charge in [-0.25, -0.2) is 9.97 Å². The van der Waals surface area contributed by atoms with Crippen LogP contribution in [-0.2, 0) is 5.66 Å². The van der Waals surface area contributed by atoms with Gasteiger partial charge >= 0.3 is 0 Å². The molecular formula is C14H15N5. The van der Waals surface area contributed by atoms with E-state index < -0.39 is 5.66 Å². The van der Waals surface area contributed by atoms with Gasteiger partial charge in [0.05, 0.1) is 5.69 Å². The smallest absolute Gasteiger partial charge is 0.149 e. The van der Waals surface area contributed by atoms with Gasteiger partial charge in [-0.3, -0.25) is 4.98 Å². The van der Waals surface area contributed by atoms with Crippen molar-refractivity contribution < 1.29 is 0 Å². The first-order valence-corrected chi connectivity index (χ1v) is 5.84. The molecule has 0 amide bonds. The fraction of sp³-hybridized carbons (Fsp3) is 0.0714. The summed E-state index contributed by atoms with van der Waals surface area (Å²) < 4.78 is 0. The number of allylic oxidation sites excluding steroid dienone is 2. The van der Waals surface area contributed by atoms with E-state index in [1.54, 1.807) is 24.7 Å². The highest BCUT2D eigenvalue weighted by Crippen LogP contribution is 2.15. The van der Waals surface area contributed by atoms with Gasteiger partial charge < -0.3 is 11.1 Å². The third-order valence-electron chi connectivity index (χ3n) is 2.45. The second-order valence-corrected chi connectivity index (χ2v) is 3.85. The maximum absolute atomic E-state index is 6.07. The summed E-state index contributed by atoms with van der Waals surface area (Å²) in [5, 5.41) is 3.06. The average molecular weight is 253 g/mol. The molecule has 2 aromatic rings. The molecule has 5 nitrogen and oxygen atoms in total. The largest absolute Gasteiger partial charge is 0.365 e. The predicted molar refractivity (Wildman–Crippen MR) is 73.6 cm³/mol. The van der Waals surface area contributed by atoms with Crippen LogP contribution in [0, 0.1) is 0 Å². The number of nitrogens with one attached hydrogen (secondary N) is 1. The Balaban J connectivity index is 0.000000186. The molecule has 1 atom stereocenters. The van der Waals surface area contributed by atoms with Crippen molar-refractivity contribution in [2.75, 3.05) is 0 Å². The van der Waals surface area contributed by atoms with E-state index in [0.29, 0.717) is 0 Å². The van der Waals surface area contributed by atoms with Crippen molar-refractivity contribution in [1.29, 1.82) is 0 Å². The van der Waals surface area contributed by atoms with Crippen molar-refractivity contribution in [2.24, 2.45) is 5.73 Å². The van der Waals surface area contributed by atoms with Crippen LogP contribution in [0.4, 0.5) is 0 Å². The fourth-order valence-corrected chi connectivity index (χ4v) is 1.52. The predicted octanol–water partition coefficient (Wildman–Crippen LogP) is 1.34. The number of nitrogens with zero attached hydrogens (tertiary/aromatic N) is 3. The van der Waals surface area contributed by atoms with Crippen LogP contribution in [0.25, 0.3) is 0 Å². The third-order valence-corrected chi connectivity index (χ3v) is 2.45. The van der Waals surface area contributed by atoms with Crippen molar-refractivity contribution in [3.63, 3.8) is 0 Å². The Hall–Kier alpha value is -2.53. The van der Waals surface area contributed by atoms with E-state index in [4.69, 9.17) is 5.73 Å². The Labute approximate surface area is 111 Å². The molecule has 0 fully saturated rings. The molecule has 1 aliphatic heterocycles. The summed E-state index contributed by atoms with van der Waals surface area (Å²) in [6.45, 7) is 0. The first-order valence-electron chi connectivity index (χ1n) is 5.84. The minimum absolute atomic E-state index is 0.657. The number of dihydropyridines is 1. The molecule has 19 heavy (non-hydrogen) atoms. The number of nitrogens with two attached hydrogens (primary N) is 1. The zero-order valence-corrected chi connectivity index (χ0v) is 10.3. The molecule has 1 aliphatic rings. The molecule has 2 aromatic heterocycles. The second-order valence-electron chi connectivity index (χ2n) is 3.85. The molecule has 0 aliphatic carbocycles. The number of aromatic nitrogens is 3. The van der Waals surface area contributed by atoms with Crippen LogP contribution in [0.2, 0.25) is 0 Å². The number of hydrogen-bond acceptors (Lipinski definition) is 5. The van der Waals surface area contributed by atoms with Crippen molar-refractivity contribution in [2.45, 2.75) is 5.66 Å². The van der Waals surface area contributed by atoms with Gasteiger partial charge in [0.25, 0.3) is 0 Å². The van der Waals surface area contributed by atoms with E-state index in [9.17, 15) is 0 Å². The SMILES string of the molecule is NC1(c2ccccn2)C=CC=CN1.c1cncnc1. The summed E-state index contributed by atoms with van der Waals surface area (Å²) in [6.07, 6.45) is 14.1. The minimum atomic E-state index is -0.657. The highest BCUT2D eigenvalue weighted by molar-refractivity contribution is 5.27. The standard InChI is InChI=1S/C10H11N3.C4H4N2/c11-10(6-2-4-8-13-10)9-5-1-3-7-12-9;1-2-5-4-6-3-1/h1-8,13H,11H2;1-4H. The monoisotopic (exact) mass is 253 g/mol. The first-order chi connectivity index (χ1) is 9.31. The van der Waals surface area contributed by atoms with Crippen molar-refractivity contribution in [3.8, 4) is 0 Å². The van der Waals surface area contributed by atoms with Gasteiger partial charge in [0, 0.05) is 18.6 Å². The number of rotatable bonds is 1. The van der Waals surface area contributed by atoms with Crippen LogP contribution in [-0.4, -0.2) is 15.0 Å². The molecule has 0 aromatic carbocycles. The van der Waals surface area contributed by atoms with Crippen LogP contribution in [0.5, 0.6) is 0 Å². The van der Waals surface area contributed by atoms with E-state index >= 15 is 0 Å². The van der Waals surface area contributed by atoms with Crippen molar-refractivity contribution >= 4 is 0 Å². The van der Waals surface area contributed by atoms with Crippen LogP contribution < -0.4 is 11.1 Å². The van der Waals surface area contributed by atoms with Gasteiger partial charge in [0.2, 0.25) is 0 Å². The Kier molecular flexibility index (Phi) is 4.36. The lowest BCUT2D eigenvalue weighted by atomic mass is 10.0. The molecule has 0 saturated carbocycles. The van der Waals surface area contributed by atoms with E-state index in [0.717, 1.165) is 5.69 Å². The molecule has 5 heteroatoms. The highest BCUT2D eigenvalue weighted by atomic mass is 15.1. The molecule has 0 spiro atoms. The molecule has 96 valence electrons. The van der Waals surface area contributed by atoms with Gasteiger partial charge in [0.1, 0.15) is 12.0 Å². The molecular weight excluding hydrogens is 238 g/mol. The van der Waals surface area contributed by atoms with Crippen LogP contribution in [0.15, 0.2) is 73.6 Å². The van der Waals surface area contributed by atoms with E-state index in [2.05, 4.69) is 20.3 Å². The van der Waals surface area contributed by atoms with Gasteiger partial charge in [0.15, 0.2) is 0 Å². The van der Waals surface area contributed by atoms with Gasteiger partial charge in [-0.1, -0.05) is 12.1 Å². The minimum Gasteiger partial charge on any atom is -0.365 e. The second kappa shape index (κ2) is 6.42. The maximum Gasteiger partial charge on any atom is 0.149 e. The van der Waals surface area contributed by atoms with Gasteiger partial charge in [-0.2, -0.15) is 0 Å². The van der Waals surface area contributed by atoms with Crippen LogP contribution >= 0.6 is 0 Å². The summed E-state index contributed by atoms with van der Waals surface area (Å²) in [7, 11) is 0. The lowest BCUT2D eigenvalue weighted by Gasteiger charge is -2.27. The summed E-state index contributed by atoms with van der Waals surface area (Å²) in [4.78, 5) is 11.5. The van der Waals surface area contributed by atoms with Crippen molar-refractivity contribution in [3.05, 3.63) is 79.3 Å². The summed E-state index contributed by atoms with van der Waals surface area (Å²) >= 11 is 0. The zero-order chi connectivity index (χ0) is 13.4. The zero-order valence-electron chi connectivity index (χ0n) is 10.3. The lowest BCUT2D eigenvalue weighted by Crippen LogP contribution is -2.47. The van der Waals surface area contributed by atoms with E-state index in [1.165, 1.54) is 6.33 Å². The normalized spacial score (nSPS) is 20.1. The Morgan fingerprint density at radius 3 is 2.32 bits per heavy atom.